The number of hydrogen-bond donors (Lipinski definition) is 2. The van der Waals surface area contributed by atoms with Crippen molar-refractivity contribution in [3.63, 3.8) is 0 Å². The summed E-state index contributed by atoms with van der Waals surface area (Å²) >= 11 is 5.62. The van der Waals surface area contributed by atoms with E-state index in [0.717, 1.165) is 16.8 Å². The predicted octanol–water partition coefficient (Wildman–Crippen LogP) is 4.82. The number of anilines is 1. The van der Waals surface area contributed by atoms with Crippen LogP contribution in [0.2, 0.25) is 0 Å². The molecule has 2 N–H and O–H groups in total. The molecular formula is C22H20N3O3S+. The second kappa shape index (κ2) is 8.62. The van der Waals surface area contributed by atoms with Gasteiger partial charge in [0.25, 0.3) is 11.4 Å². The first-order chi connectivity index (χ1) is 13.9. The lowest BCUT2D eigenvalue weighted by Crippen LogP contribution is -2.38. The Morgan fingerprint density at radius 1 is 1.07 bits per heavy atom. The van der Waals surface area contributed by atoms with Crippen molar-refractivity contribution in [2.24, 2.45) is 0 Å². The van der Waals surface area contributed by atoms with Gasteiger partial charge in [0.15, 0.2) is 23.1 Å². The van der Waals surface area contributed by atoms with Crippen molar-refractivity contribution >= 4 is 40.0 Å². The lowest BCUT2D eigenvalue weighted by Gasteiger charge is -2.13. The topological polar surface area (TPSA) is 79.3 Å². The number of benzene rings is 2. The van der Waals surface area contributed by atoms with E-state index in [1.54, 1.807) is 35.2 Å². The van der Waals surface area contributed by atoms with Crippen LogP contribution in [0.3, 0.4) is 0 Å². The van der Waals surface area contributed by atoms with E-state index in [9.17, 15) is 15.2 Å². The van der Waals surface area contributed by atoms with Crippen LogP contribution in [0, 0.1) is 24.0 Å². The Morgan fingerprint density at radius 3 is 2.45 bits per heavy atom. The minimum absolute atomic E-state index is 0.111. The lowest BCUT2D eigenvalue weighted by molar-refractivity contribution is -0.575. The van der Waals surface area contributed by atoms with E-state index in [2.05, 4.69) is 5.32 Å². The molecule has 2 aromatic carbocycles. The fourth-order valence-electron chi connectivity index (χ4n) is 2.87. The molecule has 0 unspecified atom stereocenters. The number of aryl methyl sites for hydroxylation is 1. The summed E-state index contributed by atoms with van der Waals surface area (Å²) in [6.07, 6.45) is 3.50. The van der Waals surface area contributed by atoms with E-state index in [1.165, 1.54) is 18.2 Å². The number of nitro benzene ring substituents is 1. The van der Waals surface area contributed by atoms with Crippen molar-refractivity contribution in [1.29, 1.82) is 0 Å². The summed E-state index contributed by atoms with van der Waals surface area (Å²) in [5, 5.41) is 25.3. The smallest absolute Gasteiger partial charge is 0.288 e. The second-order valence-electron chi connectivity index (χ2n) is 6.49. The van der Waals surface area contributed by atoms with Gasteiger partial charge in [0, 0.05) is 35.5 Å². The van der Waals surface area contributed by atoms with Gasteiger partial charge in [-0.3, -0.25) is 10.1 Å². The van der Waals surface area contributed by atoms with Crippen molar-refractivity contribution < 1.29 is 14.6 Å². The summed E-state index contributed by atoms with van der Waals surface area (Å²) in [5.74, 6) is -0.160. The molecule has 0 fully saturated rings. The average molecular weight is 406 g/mol. The Hall–Kier alpha value is -3.58. The highest BCUT2D eigenvalue weighted by molar-refractivity contribution is 7.81. The Labute approximate surface area is 173 Å². The number of aliphatic hydroxyl groups is 1. The summed E-state index contributed by atoms with van der Waals surface area (Å²) in [6, 6.07) is 17.1. The van der Waals surface area contributed by atoms with Gasteiger partial charge >= 0.3 is 0 Å². The Bertz CT molecular complexity index is 1110. The van der Waals surface area contributed by atoms with Crippen LogP contribution in [0.5, 0.6) is 0 Å². The van der Waals surface area contributed by atoms with Crippen molar-refractivity contribution in [3.05, 3.63) is 99.9 Å². The minimum Gasteiger partial charge on any atom is -0.502 e. The number of thiocarbonyl (C=S) groups is 1. The van der Waals surface area contributed by atoms with Gasteiger partial charge in [0.05, 0.1) is 4.92 Å². The van der Waals surface area contributed by atoms with Crippen LogP contribution >= 0.6 is 12.2 Å². The fraction of sp³-hybridized carbons (Fsp3) is 0.0909. The maximum atomic E-state index is 11.1. The van der Waals surface area contributed by atoms with E-state index in [4.69, 9.17) is 12.2 Å². The number of hydrogen-bond acceptors (Lipinski definition) is 4. The first kappa shape index (κ1) is 20.2. The minimum atomic E-state index is -0.501. The zero-order valence-electron chi connectivity index (χ0n) is 16.0. The molecule has 0 aliphatic carbocycles. The summed E-state index contributed by atoms with van der Waals surface area (Å²) in [7, 11) is 0. The third kappa shape index (κ3) is 4.47. The molecule has 3 aromatic rings. The third-order valence-electron chi connectivity index (χ3n) is 4.60. The molecule has 0 saturated heterocycles. The first-order valence-corrected chi connectivity index (χ1v) is 9.31. The Morgan fingerprint density at radius 2 is 1.76 bits per heavy atom. The second-order valence-corrected chi connectivity index (χ2v) is 6.90. The highest BCUT2D eigenvalue weighted by Crippen LogP contribution is 2.24. The summed E-state index contributed by atoms with van der Waals surface area (Å²) < 4.78 is 1.68. The van der Waals surface area contributed by atoms with Crippen LogP contribution in [0.25, 0.3) is 11.5 Å². The quantitative estimate of drug-likeness (QED) is 0.159. The zero-order valence-corrected chi connectivity index (χ0v) is 16.8. The highest BCUT2D eigenvalue weighted by atomic mass is 32.1. The predicted molar refractivity (Wildman–Crippen MR) is 118 cm³/mol. The molecular weight excluding hydrogens is 386 g/mol. The largest absolute Gasteiger partial charge is 0.502 e. The monoisotopic (exact) mass is 406 g/mol. The summed E-state index contributed by atoms with van der Waals surface area (Å²) in [6.45, 7) is 3.99. The van der Waals surface area contributed by atoms with Gasteiger partial charge in [-0.1, -0.05) is 42.5 Å². The van der Waals surface area contributed by atoms with E-state index in [-0.39, 0.29) is 11.4 Å². The van der Waals surface area contributed by atoms with Crippen LogP contribution < -0.4 is 9.88 Å². The number of nitrogens with zero attached hydrogens (tertiary/aromatic N) is 2. The normalized spacial score (nSPS) is 11.5. The molecule has 146 valence electrons. The fourth-order valence-corrected chi connectivity index (χ4v) is 3.18. The SMILES string of the molecule is Cc1cccc(NC(=S)C(=C(O)c2cccc([N+](=O)[O-])c2)[n+]2ccccc2)c1C. The molecule has 7 heteroatoms. The number of aliphatic hydroxyl groups excluding tert-OH is 1. The van der Waals surface area contributed by atoms with Gasteiger partial charge in [0.2, 0.25) is 0 Å². The van der Waals surface area contributed by atoms with Gasteiger partial charge in [-0.05, 0) is 31.0 Å². The maximum Gasteiger partial charge on any atom is 0.288 e. The van der Waals surface area contributed by atoms with Gasteiger partial charge in [-0.2, -0.15) is 4.57 Å². The van der Waals surface area contributed by atoms with Gasteiger partial charge in [-0.15, -0.1) is 0 Å². The molecule has 0 bridgehead atoms. The molecule has 29 heavy (non-hydrogen) atoms. The standard InChI is InChI=1S/C22H19N3O3S/c1-15-8-6-11-19(16(15)2)23-22(29)20(24-12-4-3-5-13-24)21(26)17-9-7-10-18(14-17)25(27)28/h3-14H,1-2H3,(H-,23,26,29)/p+1. The molecule has 0 atom stereocenters. The van der Waals surface area contributed by atoms with Gasteiger partial charge in [-0.25, -0.2) is 0 Å². The molecule has 0 aliphatic heterocycles. The molecule has 6 nitrogen and oxygen atoms in total. The molecule has 0 amide bonds. The third-order valence-corrected chi connectivity index (χ3v) is 4.89. The van der Waals surface area contributed by atoms with Crippen molar-refractivity contribution in [3.8, 4) is 0 Å². The van der Waals surface area contributed by atoms with Gasteiger partial charge < -0.3 is 10.4 Å². The highest BCUT2D eigenvalue weighted by Gasteiger charge is 2.25. The molecule has 0 radical (unpaired) electrons. The lowest BCUT2D eigenvalue weighted by atomic mass is 10.1. The van der Waals surface area contributed by atoms with Crippen LogP contribution in [-0.2, 0) is 0 Å². The molecule has 1 aromatic heterocycles. The Kier molecular flexibility index (Phi) is 5.99. The van der Waals surface area contributed by atoms with E-state index in [1.807, 2.05) is 38.1 Å². The first-order valence-electron chi connectivity index (χ1n) is 8.91. The average Bonchev–Trinajstić information content (AvgIpc) is 2.72. The van der Waals surface area contributed by atoms with Gasteiger partial charge in [0.1, 0.15) is 0 Å². The van der Waals surface area contributed by atoms with Crippen molar-refractivity contribution in [1.82, 2.24) is 0 Å². The summed E-state index contributed by atoms with van der Waals surface area (Å²) in [4.78, 5) is 10.9. The Balaban J connectivity index is 2.11. The number of non-ortho nitro benzene ring substituents is 1. The number of nitro groups is 1. The van der Waals surface area contributed by atoms with E-state index in [0.29, 0.717) is 16.2 Å². The number of nitrogens with one attached hydrogen (secondary N) is 1. The van der Waals surface area contributed by atoms with Crippen LogP contribution in [0.1, 0.15) is 16.7 Å². The van der Waals surface area contributed by atoms with Crippen LogP contribution in [-0.4, -0.2) is 15.0 Å². The number of pyridine rings is 1. The summed E-state index contributed by atoms with van der Waals surface area (Å²) in [5.41, 5.74) is 3.49. The zero-order chi connectivity index (χ0) is 21.0. The van der Waals surface area contributed by atoms with Crippen molar-refractivity contribution in [2.45, 2.75) is 13.8 Å². The van der Waals surface area contributed by atoms with Crippen LogP contribution in [0.4, 0.5) is 11.4 Å². The van der Waals surface area contributed by atoms with Crippen LogP contribution in [0.15, 0.2) is 73.1 Å². The maximum absolute atomic E-state index is 11.1. The van der Waals surface area contributed by atoms with E-state index < -0.39 is 4.92 Å². The number of rotatable bonds is 5. The van der Waals surface area contributed by atoms with Crippen molar-refractivity contribution in [2.75, 3.05) is 5.32 Å². The molecule has 1 heterocycles. The molecule has 0 saturated carbocycles. The van der Waals surface area contributed by atoms with E-state index >= 15 is 0 Å². The molecule has 0 aliphatic rings. The molecule has 0 spiro atoms. The molecule has 3 rings (SSSR count). The number of aromatic nitrogens is 1.